The average Bonchev–Trinajstić information content (AvgIpc) is 3.46. The SMILES string of the molecule is O=C(C#Cc1ccccc1)N1CCC(c2nc(C(=O)N3CCN(c4cccc(C(F)(F)F)c4)CC3)cs2)CC1. The minimum Gasteiger partial charge on any atom is -0.368 e. The second-order valence-corrected chi connectivity index (χ2v) is 10.5. The zero-order valence-electron chi connectivity index (χ0n) is 21.2. The Morgan fingerprint density at radius 1 is 0.897 bits per heavy atom. The van der Waals surface area contributed by atoms with Crippen LogP contribution in [0.15, 0.2) is 60.0 Å². The summed E-state index contributed by atoms with van der Waals surface area (Å²) in [7, 11) is 0. The van der Waals surface area contributed by atoms with Crippen LogP contribution >= 0.6 is 11.3 Å². The summed E-state index contributed by atoms with van der Waals surface area (Å²) < 4.78 is 39.2. The molecule has 0 bridgehead atoms. The van der Waals surface area contributed by atoms with Gasteiger partial charge in [0, 0.05) is 67.7 Å². The van der Waals surface area contributed by atoms with Crippen molar-refractivity contribution < 1.29 is 22.8 Å². The Balaban J connectivity index is 1.13. The Hall–Kier alpha value is -3.84. The number of piperidine rings is 1. The lowest BCUT2D eigenvalue weighted by Gasteiger charge is -2.36. The number of carbonyl (C=O) groups excluding carboxylic acids is 2. The van der Waals surface area contributed by atoms with Gasteiger partial charge in [-0.1, -0.05) is 30.2 Å². The highest BCUT2D eigenvalue weighted by Gasteiger charge is 2.32. The molecule has 202 valence electrons. The molecular formula is C29H27F3N4O2S. The predicted octanol–water partition coefficient (Wildman–Crippen LogP) is 4.88. The molecule has 2 saturated heterocycles. The number of anilines is 1. The van der Waals surface area contributed by atoms with E-state index in [0.29, 0.717) is 50.6 Å². The molecule has 2 fully saturated rings. The number of carbonyl (C=O) groups is 2. The minimum absolute atomic E-state index is 0.162. The minimum atomic E-state index is -4.39. The molecule has 2 aliphatic heterocycles. The largest absolute Gasteiger partial charge is 0.416 e. The Labute approximate surface area is 229 Å². The molecular weight excluding hydrogens is 525 g/mol. The van der Waals surface area contributed by atoms with Gasteiger partial charge in [0.2, 0.25) is 0 Å². The molecule has 0 radical (unpaired) electrons. The van der Waals surface area contributed by atoms with Crippen LogP contribution in [0.4, 0.5) is 18.9 Å². The van der Waals surface area contributed by atoms with E-state index in [1.54, 1.807) is 21.2 Å². The van der Waals surface area contributed by atoms with Crippen LogP contribution in [0.3, 0.4) is 0 Å². The molecule has 0 spiro atoms. The molecule has 0 atom stereocenters. The molecule has 0 unspecified atom stereocenters. The van der Waals surface area contributed by atoms with Crippen LogP contribution in [0.25, 0.3) is 0 Å². The highest BCUT2D eigenvalue weighted by molar-refractivity contribution is 7.09. The molecule has 6 nitrogen and oxygen atoms in total. The van der Waals surface area contributed by atoms with Crippen molar-refractivity contribution >= 4 is 28.8 Å². The van der Waals surface area contributed by atoms with Crippen molar-refractivity contribution in [3.63, 3.8) is 0 Å². The van der Waals surface area contributed by atoms with Crippen molar-refractivity contribution in [3.8, 4) is 11.8 Å². The van der Waals surface area contributed by atoms with Crippen molar-refractivity contribution in [2.24, 2.45) is 0 Å². The van der Waals surface area contributed by atoms with Gasteiger partial charge < -0.3 is 14.7 Å². The summed E-state index contributed by atoms with van der Waals surface area (Å²) in [5.74, 6) is 5.47. The predicted molar refractivity (Wildman–Crippen MR) is 144 cm³/mol. The number of halogens is 3. The number of hydrogen-bond donors (Lipinski definition) is 0. The fourth-order valence-electron chi connectivity index (χ4n) is 4.84. The molecule has 2 aliphatic rings. The van der Waals surface area contributed by atoms with Gasteiger partial charge >= 0.3 is 6.18 Å². The van der Waals surface area contributed by atoms with Crippen LogP contribution in [-0.4, -0.2) is 65.9 Å². The summed E-state index contributed by atoms with van der Waals surface area (Å²) in [6.45, 7) is 2.90. The van der Waals surface area contributed by atoms with Crippen molar-refractivity contribution in [1.82, 2.24) is 14.8 Å². The summed E-state index contributed by atoms with van der Waals surface area (Å²) in [6, 6.07) is 14.7. The fraction of sp³-hybridized carbons (Fsp3) is 0.345. The summed E-state index contributed by atoms with van der Waals surface area (Å²) in [5, 5.41) is 2.67. The smallest absolute Gasteiger partial charge is 0.368 e. The number of hydrogen-bond acceptors (Lipinski definition) is 5. The van der Waals surface area contributed by atoms with E-state index >= 15 is 0 Å². The molecule has 2 aromatic carbocycles. The van der Waals surface area contributed by atoms with Crippen LogP contribution in [0.5, 0.6) is 0 Å². The Morgan fingerprint density at radius 2 is 1.62 bits per heavy atom. The number of amides is 2. The lowest BCUT2D eigenvalue weighted by atomic mass is 9.97. The van der Waals surface area contributed by atoms with Gasteiger partial charge in [-0.3, -0.25) is 9.59 Å². The third-order valence-corrected chi connectivity index (χ3v) is 8.07. The van der Waals surface area contributed by atoms with E-state index in [-0.39, 0.29) is 17.7 Å². The van der Waals surface area contributed by atoms with Crippen molar-refractivity contribution in [2.45, 2.75) is 24.9 Å². The maximum Gasteiger partial charge on any atom is 0.416 e. The Morgan fingerprint density at radius 3 is 2.31 bits per heavy atom. The van der Waals surface area contributed by atoms with Crippen molar-refractivity contribution in [3.05, 3.63) is 81.8 Å². The quantitative estimate of drug-likeness (QED) is 0.435. The molecule has 10 heteroatoms. The third-order valence-electron chi connectivity index (χ3n) is 7.07. The second-order valence-electron chi connectivity index (χ2n) is 9.58. The molecule has 2 amide bonds. The monoisotopic (exact) mass is 552 g/mol. The number of thiazole rings is 1. The van der Waals surface area contributed by atoms with E-state index in [9.17, 15) is 22.8 Å². The van der Waals surface area contributed by atoms with Gasteiger partial charge in [-0.2, -0.15) is 13.2 Å². The number of aromatic nitrogens is 1. The Bertz CT molecular complexity index is 1380. The van der Waals surface area contributed by atoms with Gasteiger partial charge in [-0.25, -0.2) is 4.98 Å². The highest BCUT2D eigenvalue weighted by Crippen LogP contribution is 2.33. The van der Waals surface area contributed by atoms with E-state index in [1.165, 1.54) is 17.4 Å². The van der Waals surface area contributed by atoms with E-state index in [4.69, 9.17) is 0 Å². The number of nitrogens with zero attached hydrogens (tertiary/aromatic N) is 4. The second kappa shape index (κ2) is 11.5. The highest BCUT2D eigenvalue weighted by atomic mass is 32.1. The third kappa shape index (κ3) is 6.42. The molecule has 0 saturated carbocycles. The number of piperazine rings is 1. The van der Waals surface area contributed by atoms with E-state index in [1.807, 2.05) is 35.2 Å². The fourth-order valence-corrected chi connectivity index (χ4v) is 5.80. The average molecular weight is 553 g/mol. The first-order valence-corrected chi connectivity index (χ1v) is 13.7. The zero-order chi connectivity index (χ0) is 27.4. The lowest BCUT2D eigenvalue weighted by Crippen LogP contribution is -2.49. The molecule has 0 N–H and O–H groups in total. The lowest BCUT2D eigenvalue weighted by molar-refractivity contribution is -0.137. The maximum absolute atomic E-state index is 13.1. The van der Waals surface area contributed by atoms with Gasteiger partial charge in [0.1, 0.15) is 5.69 Å². The van der Waals surface area contributed by atoms with Gasteiger partial charge in [0.25, 0.3) is 11.8 Å². The van der Waals surface area contributed by atoms with Crippen molar-refractivity contribution in [1.29, 1.82) is 0 Å². The van der Waals surface area contributed by atoms with Gasteiger partial charge in [0.05, 0.1) is 10.6 Å². The maximum atomic E-state index is 13.1. The Kier molecular flexibility index (Phi) is 7.89. The van der Waals surface area contributed by atoms with Crippen LogP contribution < -0.4 is 4.90 Å². The zero-order valence-corrected chi connectivity index (χ0v) is 22.0. The molecule has 0 aliphatic carbocycles. The number of alkyl halides is 3. The molecule has 3 heterocycles. The summed E-state index contributed by atoms with van der Waals surface area (Å²) in [6.07, 6.45) is -2.87. The summed E-state index contributed by atoms with van der Waals surface area (Å²) in [4.78, 5) is 35.5. The standard InChI is InChI=1S/C29H27F3N4O2S/c30-29(31,32)23-7-4-8-24(19-23)34-15-17-36(18-16-34)28(38)25-20-39-27(33-25)22-11-13-35(14-12-22)26(37)10-9-21-5-2-1-3-6-21/h1-8,19-20,22H,11-18H2. The topological polar surface area (TPSA) is 56.8 Å². The van der Waals surface area contributed by atoms with Crippen LogP contribution in [0.1, 0.15) is 45.4 Å². The molecule has 39 heavy (non-hydrogen) atoms. The number of benzene rings is 2. The van der Waals surface area contributed by atoms with E-state index in [0.717, 1.165) is 35.5 Å². The first-order chi connectivity index (χ1) is 18.8. The van der Waals surface area contributed by atoms with E-state index in [2.05, 4.69) is 16.8 Å². The van der Waals surface area contributed by atoms with E-state index < -0.39 is 11.7 Å². The van der Waals surface area contributed by atoms with Gasteiger partial charge in [-0.05, 0) is 43.2 Å². The number of rotatable bonds is 3. The normalized spacial score (nSPS) is 16.5. The summed E-state index contributed by atoms with van der Waals surface area (Å²) in [5.41, 5.74) is 1.03. The molecule has 5 rings (SSSR count). The number of likely N-dealkylation sites (tertiary alicyclic amines) is 1. The first-order valence-electron chi connectivity index (χ1n) is 12.8. The molecule has 3 aromatic rings. The summed E-state index contributed by atoms with van der Waals surface area (Å²) >= 11 is 1.46. The van der Waals surface area contributed by atoms with Crippen LogP contribution in [0.2, 0.25) is 0 Å². The first kappa shape index (κ1) is 26.8. The van der Waals surface area contributed by atoms with Crippen molar-refractivity contribution in [2.75, 3.05) is 44.2 Å². The van der Waals surface area contributed by atoms with Crippen LogP contribution in [-0.2, 0) is 11.0 Å². The van der Waals surface area contributed by atoms with Gasteiger partial charge in [0.15, 0.2) is 0 Å². The van der Waals surface area contributed by atoms with Gasteiger partial charge in [-0.15, -0.1) is 11.3 Å². The van der Waals surface area contributed by atoms with Crippen LogP contribution in [0, 0.1) is 11.8 Å². The molecule has 1 aromatic heterocycles.